The van der Waals surface area contributed by atoms with E-state index in [4.69, 9.17) is 4.84 Å². The molecule has 1 aliphatic heterocycles. The average Bonchev–Trinajstić information content (AvgIpc) is 3.28. The molecule has 0 aliphatic carbocycles. The van der Waals surface area contributed by atoms with Gasteiger partial charge in [-0.1, -0.05) is 42.4 Å². The number of nitrogens with one attached hydrogen (secondary N) is 1. The molecule has 3 rings (SSSR count). The Morgan fingerprint density at radius 1 is 1.17 bits per heavy atom. The van der Waals surface area contributed by atoms with E-state index in [1.165, 1.54) is 28.2 Å². The third-order valence-corrected chi connectivity index (χ3v) is 6.58. The van der Waals surface area contributed by atoms with Gasteiger partial charge in [-0.3, -0.25) is 4.79 Å². The highest BCUT2D eigenvalue weighted by atomic mass is 32.2. The predicted octanol–water partition coefficient (Wildman–Crippen LogP) is 3.02. The van der Waals surface area contributed by atoms with Crippen molar-refractivity contribution in [3.8, 4) is 0 Å². The molecule has 154 valence electrons. The number of rotatable bonds is 8. The Balaban J connectivity index is 1.53. The predicted molar refractivity (Wildman–Crippen MR) is 112 cm³/mol. The van der Waals surface area contributed by atoms with E-state index in [2.05, 4.69) is 17.4 Å². The van der Waals surface area contributed by atoms with Gasteiger partial charge in [-0.05, 0) is 48.6 Å². The van der Waals surface area contributed by atoms with E-state index in [0.29, 0.717) is 18.8 Å². The Morgan fingerprint density at radius 3 is 2.59 bits per heavy atom. The number of hydrogen-bond donors (Lipinski definition) is 1. The van der Waals surface area contributed by atoms with Crippen molar-refractivity contribution in [1.82, 2.24) is 4.31 Å². The Bertz CT molecular complexity index is 966. The number of aryl methyl sites for hydroxylation is 1. The summed E-state index contributed by atoms with van der Waals surface area (Å²) in [5.41, 5.74) is 2.51. The van der Waals surface area contributed by atoms with Gasteiger partial charge in [0.25, 0.3) is 5.91 Å². The minimum Gasteiger partial charge on any atom is -0.386 e. The summed E-state index contributed by atoms with van der Waals surface area (Å²) >= 11 is 0. The molecule has 1 aliphatic rings. The van der Waals surface area contributed by atoms with Crippen LogP contribution in [0.15, 0.2) is 58.6 Å². The van der Waals surface area contributed by atoms with Crippen LogP contribution in [-0.2, 0) is 26.1 Å². The van der Waals surface area contributed by atoms with Gasteiger partial charge in [0, 0.05) is 18.8 Å². The first-order valence-corrected chi connectivity index (χ1v) is 11.1. The Hall–Kier alpha value is -2.71. The molecule has 0 bridgehead atoms. The summed E-state index contributed by atoms with van der Waals surface area (Å²) in [4.78, 5) is 17.3. The third kappa shape index (κ3) is 5.65. The van der Waals surface area contributed by atoms with E-state index >= 15 is 0 Å². The number of oxime groups is 1. The number of hydrogen-bond acceptors (Lipinski definition) is 5. The van der Waals surface area contributed by atoms with Crippen molar-refractivity contribution in [3.05, 3.63) is 59.7 Å². The van der Waals surface area contributed by atoms with Gasteiger partial charge in [0.15, 0.2) is 6.61 Å². The standard InChI is InChI=1S/C21H25N3O4S/c1-2-17-8-10-18(11-9-17)15-22-28-16-21(25)23-19-6-5-7-20(14-19)29(26,27)24-12-3-4-13-24/h5-11,14-15H,2-4,12-13,16H2,1H3,(H,23,25)/b22-15-. The molecule has 7 nitrogen and oxygen atoms in total. The van der Waals surface area contributed by atoms with Crippen molar-refractivity contribution in [1.29, 1.82) is 0 Å². The molecular formula is C21H25N3O4S. The fourth-order valence-corrected chi connectivity index (χ4v) is 4.61. The minimum absolute atomic E-state index is 0.173. The number of sulfonamides is 1. The quantitative estimate of drug-likeness (QED) is 0.530. The Labute approximate surface area is 171 Å². The number of nitrogens with zero attached hydrogens (tertiary/aromatic N) is 2. The summed E-state index contributed by atoms with van der Waals surface area (Å²) in [6.07, 6.45) is 4.25. The van der Waals surface area contributed by atoms with Crippen LogP contribution in [0, 0.1) is 0 Å². The molecule has 1 heterocycles. The van der Waals surface area contributed by atoms with Gasteiger partial charge in [0.1, 0.15) is 0 Å². The average molecular weight is 416 g/mol. The molecule has 1 saturated heterocycles. The fraction of sp³-hybridized carbons (Fsp3) is 0.333. The van der Waals surface area contributed by atoms with Crippen LogP contribution in [0.3, 0.4) is 0 Å². The van der Waals surface area contributed by atoms with Crippen molar-refractivity contribution < 1.29 is 18.0 Å². The molecule has 0 saturated carbocycles. The largest absolute Gasteiger partial charge is 0.386 e. The molecular weight excluding hydrogens is 390 g/mol. The second-order valence-electron chi connectivity index (χ2n) is 6.79. The van der Waals surface area contributed by atoms with Gasteiger partial charge in [-0.2, -0.15) is 4.31 Å². The number of anilines is 1. The van der Waals surface area contributed by atoms with Crippen LogP contribution >= 0.6 is 0 Å². The lowest BCUT2D eigenvalue weighted by atomic mass is 10.1. The number of amides is 1. The smallest absolute Gasteiger partial charge is 0.265 e. The van der Waals surface area contributed by atoms with Crippen LogP contribution in [-0.4, -0.2) is 44.5 Å². The van der Waals surface area contributed by atoms with Crippen molar-refractivity contribution in [3.63, 3.8) is 0 Å². The van der Waals surface area contributed by atoms with Crippen LogP contribution < -0.4 is 5.32 Å². The van der Waals surface area contributed by atoms with E-state index in [1.807, 2.05) is 24.3 Å². The number of benzene rings is 2. The maximum Gasteiger partial charge on any atom is 0.265 e. The number of carbonyl (C=O) groups excluding carboxylic acids is 1. The van der Waals surface area contributed by atoms with Gasteiger partial charge in [0.2, 0.25) is 10.0 Å². The monoisotopic (exact) mass is 415 g/mol. The Kier molecular flexibility index (Phi) is 7.00. The molecule has 2 aromatic carbocycles. The lowest BCUT2D eigenvalue weighted by Crippen LogP contribution is -2.28. The van der Waals surface area contributed by atoms with Crippen molar-refractivity contribution in [2.45, 2.75) is 31.1 Å². The van der Waals surface area contributed by atoms with Gasteiger partial charge in [-0.15, -0.1) is 0 Å². The first kappa shape index (κ1) is 21.0. The topological polar surface area (TPSA) is 88.1 Å². The second-order valence-corrected chi connectivity index (χ2v) is 8.73. The highest BCUT2D eigenvalue weighted by Gasteiger charge is 2.27. The fourth-order valence-electron chi connectivity index (χ4n) is 3.04. The van der Waals surface area contributed by atoms with Gasteiger partial charge in [0.05, 0.1) is 11.1 Å². The lowest BCUT2D eigenvalue weighted by Gasteiger charge is -2.16. The third-order valence-electron chi connectivity index (χ3n) is 4.68. The summed E-state index contributed by atoms with van der Waals surface area (Å²) in [7, 11) is -3.53. The van der Waals surface area contributed by atoms with Crippen LogP contribution in [0.5, 0.6) is 0 Å². The molecule has 0 unspecified atom stereocenters. The van der Waals surface area contributed by atoms with E-state index in [9.17, 15) is 13.2 Å². The summed E-state index contributed by atoms with van der Waals surface area (Å²) < 4.78 is 26.7. The minimum atomic E-state index is -3.53. The highest BCUT2D eigenvalue weighted by Crippen LogP contribution is 2.23. The molecule has 1 fully saturated rings. The highest BCUT2D eigenvalue weighted by molar-refractivity contribution is 7.89. The summed E-state index contributed by atoms with van der Waals surface area (Å²) in [6.45, 7) is 2.88. The molecule has 0 radical (unpaired) electrons. The van der Waals surface area contributed by atoms with Crippen molar-refractivity contribution in [2.24, 2.45) is 5.16 Å². The zero-order valence-corrected chi connectivity index (χ0v) is 17.2. The van der Waals surface area contributed by atoms with Gasteiger partial charge >= 0.3 is 0 Å². The first-order chi connectivity index (χ1) is 14.0. The molecule has 0 spiro atoms. The van der Waals surface area contributed by atoms with Crippen LogP contribution in [0.4, 0.5) is 5.69 Å². The molecule has 1 N–H and O–H groups in total. The first-order valence-electron chi connectivity index (χ1n) is 9.63. The molecule has 1 amide bonds. The van der Waals surface area contributed by atoms with Gasteiger partial charge in [-0.25, -0.2) is 8.42 Å². The maximum absolute atomic E-state index is 12.6. The second kappa shape index (κ2) is 9.67. The van der Waals surface area contributed by atoms with Crippen LogP contribution in [0.2, 0.25) is 0 Å². The summed E-state index contributed by atoms with van der Waals surface area (Å²) in [5, 5.41) is 6.44. The van der Waals surface area contributed by atoms with E-state index in [0.717, 1.165) is 24.8 Å². The molecule has 0 atom stereocenters. The van der Waals surface area contributed by atoms with Crippen molar-refractivity contribution in [2.75, 3.05) is 25.0 Å². The molecule has 0 aromatic heterocycles. The maximum atomic E-state index is 12.6. The summed E-state index contributed by atoms with van der Waals surface area (Å²) in [6, 6.07) is 14.1. The van der Waals surface area contributed by atoms with Crippen molar-refractivity contribution >= 4 is 27.8 Å². The zero-order valence-electron chi connectivity index (χ0n) is 16.4. The van der Waals surface area contributed by atoms with Crippen LogP contribution in [0.25, 0.3) is 0 Å². The van der Waals surface area contributed by atoms with Gasteiger partial charge < -0.3 is 10.2 Å². The van der Waals surface area contributed by atoms with E-state index in [-0.39, 0.29) is 11.5 Å². The van der Waals surface area contributed by atoms with Crippen LogP contribution in [0.1, 0.15) is 30.9 Å². The van der Waals surface area contributed by atoms with E-state index < -0.39 is 15.9 Å². The lowest BCUT2D eigenvalue weighted by molar-refractivity contribution is -0.120. The molecule has 29 heavy (non-hydrogen) atoms. The molecule has 8 heteroatoms. The van der Waals surface area contributed by atoms with E-state index in [1.54, 1.807) is 12.1 Å². The Morgan fingerprint density at radius 2 is 1.90 bits per heavy atom. The molecule has 2 aromatic rings. The number of carbonyl (C=O) groups is 1. The SMILES string of the molecule is CCc1ccc(/C=N\OCC(=O)Nc2cccc(S(=O)(=O)N3CCCC3)c2)cc1. The zero-order chi connectivity index (χ0) is 20.7. The summed E-state index contributed by atoms with van der Waals surface area (Å²) in [5.74, 6) is -0.417. The normalized spacial score (nSPS) is 14.9.